The van der Waals surface area contributed by atoms with Crippen molar-refractivity contribution < 1.29 is 14.6 Å². The molecular weight excluding hydrogens is 292 g/mol. The summed E-state index contributed by atoms with van der Waals surface area (Å²) in [4.78, 5) is 12.0. The van der Waals surface area contributed by atoms with Gasteiger partial charge in [-0.2, -0.15) is 0 Å². The highest BCUT2D eigenvalue weighted by Crippen LogP contribution is 2.18. The molecule has 2 aromatic rings. The first-order chi connectivity index (χ1) is 11.2. The maximum absolute atomic E-state index is 12.0. The molecule has 122 valence electrons. The van der Waals surface area contributed by atoms with Crippen molar-refractivity contribution in [3.8, 4) is 0 Å². The molecule has 2 rings (SSSR count). The molecule has 2 amide bonds. The van der Waals surface area contributed by atoms with Crippen LogP contribution in [-0.2, 0) is 11.2 Å². The summed E-state index contributed by atoms with van der Waals surface area (Å²) in [6.45, 7) is 0.325. The van der Waals surface area contributed by atoms with Crippen LogP contribution in [0, 0.1) is 0 Å². The number of anilines is 1. The molecule has 1 atom stereocenters. The minimum atomic E-state index is -0.717. The van der Waals surface area contributed by atoms with Crippen molar-refractivity contribution in [1.29, 1.82) is 0 Å². The molecule has 5 heteroatoms. The summed E-state index contributed by atoms with van der Waals surface area (Å²) >= 11 is 0. The van der Waals surface area contributed by atoms with E-state index in [4.69, 9.17) is 4.74 Å². The maximum atomic E-state index is 12.0. The fourth-order valence-corrected chi connectivity index (χ4v) is 2.24. The lowest BCUT2D eigenvalue weighted by Gasteiger charge is -2.14. The monoisotopic (exact) mass is 314 g/mol. The lowest BCUT2D eigenvalue weighted by Crippen LogP contribution is -2.37. The van der Waals surface area contributed by atoms with Crippen molar-refractivity contribution >= 4 is 11.7 Å². The molecule has 0 saturated carbocycles. The average molecular weight is 314 g/mol. The summed E-state index contributed by atoms with van der Waals surface area (Å²) in [7, 11) is 1.50. The molecule has 23 heavy (non-hydrogen) atoms. The number of carbonyl (C=O) groups is 1. The predicted octanol–water partition coefficient (Wildman–Crippen LogP) is 2.41. The van der Waals surface area contributed by atoms with E-state index in [-0.39, 0.29) is 19.2 Å². The Kier molecular flexibility index (Phi) is 6.59. The summed E-state index contributed by atoms with van der Waals surface area (Å²) in [5, 5.41) is 15.0. The zero-order valence-electron chi connectivity index (χ0n) is 13.2. The SMILES string of the molecule is COCC(O)CNC(=O)Nc1ccccc1Cc1ccccc1. The smallest absolute Gasteiger partial charge is 0.319 e. The van der Waals surface area contributed by atoms with Crippen LogP contribution >= 0.6 is 0 Å². The number of methoxy groups -OCH3 is 1. The van der Waals surface area contributed by atoms with Crippen molar-refractivity contribution in [2.24, 2.45) is 0 Å². The van der Waals surface area contributed by atoms with E-state index in [1.807, 2.05) is 42.5 Å². The third-order valence-corrected chi connectivity index (χ3v) is 3.36. The van der Waals surface area contributed by atoms with Crippen molar-refractivity contribution in [1.82, 2.24) is 5.32 Å². The van der Waals surface area contributed by atoms with Crippen LogP contribution in [0.3, 0.4) is 0 Å². The van der Waals surface area contributed by atoms with Crippen LogP contribution in [0.1, 0.15) is 11.1 Å². The van der Waals surface area contributed by atoms with E-state index in [1.165, 1.54) is 12.7 Å². The molecule has 0 aliphatic rings. The van der Waals surface area contributed by atoms with Gasteiger partial charge in [-0.15, -0.1) is 0 Å². The second-order valence-electron chi connectivity index (χ2n) is 5.26. The summed E-state index contributed by atoms with van der Waals surface area (Å²) in [6.07, 6.45) is 0.0224. The van der Waals surface area contributed by atoms with Gasteiger partial charge in [0.1, 0.15) is 0 Å². The number of amides is 2. The molecule has 2 aromatic carbocycles. The molecule has 0 aliphatic carbocycles. The van der Waals surface area contributed by atoms with Crippen LogP contribution in [0.5, 0.6) is 0 Å². The van der Waals surface area contributed by atoms with Gasteiger partial charge in [0.25, 0.3) is 0 Å². The number of nitrogens with one attached hydrogen (secondary N) is 2. The normalized spacial score (nSPS) is 11.7. The van der Waals surface area contributed by atoms with E-state index >= 15 is 0 Å². The largest absolute Gasteiger partial charge is 0.389 e. The van der Waals surface area contributed by atoms with Crippen LogP contribution in [0.2, 0.25) is 0 Å². The zero-order chi connectivity index (χ0) is 16.5. The molecule has 3 N–H and O–H groups in total. The second-order valence-corrected chi connectivity index (χ2v) is 5.26. The number of ether oxygens (including phenoxy) is 1. The summed E-state index contributed by atoms with van der Waals surface area (Å²) in [6, 6.07) is 17.4. The molecule has 5 nitrogen and oxygen atoms in total. The first-order valence-electron chi connectivity index (χ1n) is 7.52. The van der Waals surface area contributed by atoms with Gasteiger partial charge in [-0.3, -0.25) is 0 Å². The third kappa shape index (κ3) is 5.73. The van der Waals surface area contributed by atoms with Crippen LogP contribution in [0.25, 0.3) is 0 Å². The molecule has 0 fully saturated rings. The lowest BCUT2D eigenvalue weighted by atomic mass is 10.0. The quantitative estimate of drug-likeness (QED) is 0.735. The highest BCUT2D eigenvalue weighted by atomic mass is 16.5. The van der Waals surface area contributed by atoms with Gasteiger partial charge in [0.15, 0.2) is 0 Å². The second kappa shape index (κ2) is 8.92. The number of rotatable bonds is 7. The van der Waals surface area contributed by atoms with Crippen LogP contribution in [0.15, 0.2) is 54.6 Å². The molecular formula is C18H22N2O3. The molecule has 0 aliphatic heterocycles. The van der Waals surface area contributed by atoms with E-state index in [0.29, 0.717) is 0 Å². The topological polar surface area (TPSA) is 70.6 Å². The minimum absolute atomic E-state index is 0.139. The van der Waals surface area contributed by atoms with Gasteiger partial charge < -0.3 is 20.5 Å². The van der Waals surface area contributed by atoms with Gasteiger partial charge in [-0.1, -0.05) is 48.5 Å². The third-order valence-electron chi connectivity index (χ3n) is 3.36. The van der Waals surface area contributed by atoms with Gasteiger partial charge in [0.2, 0.25) is 0 Å². The standard InChI is InChI=1S/C18H22N2O3/c1-23-13-16(21)12-19-18(22)20-17-10-6-5-9-15(17)11-14-7-3-2-4-8-14/h2-10,16,21H,11-13H2,1H3,(H2,19,20,22). The number of hydrogen-bond donors (Lipinski definition) is 3. The number of aliphatic hydroxyl groups excluding tert-OH is 1. The van der Waals surface area contributed by atoms with Crippen molar-refractivity contribution in [2.45, 2.75) is 12.5 Å². The molecule has 0 heterocycles. The fourth-order valence-electron chi connectivity index (χ4n) is 2.24. The van der Waals surface area contributed by atoms with Crippen LogP contribution in [-0.4, -0.2) is 37.5 Å². The average Bonchev–Trinajstić information content (AvgIpc) is 2.56. The summed E-state index contributed by atoms with van der Waals surface area (Å²) < 4.78 is 4.82. The van der Waals surface area contributed by atoms with Crippen LogP contribution in [0.4, 0.5) is 10.5 Å². The number of benzene rings is 2. The molecule has 0 aromatic heterocycles. The first kappa shape index (κ1) is 17.0. The van der Waals surface area contributed by atoms with Crippen molar-refractivity contribution in [3.05, 3.63) is 65.7 Å². The number of urea groups is 1. The van der Waals surface area contributed by atoms with Gasteiger partial charge in [-0.25, -0.2) is 4.79 Å². The first-order valence-corrected chi connectivity index (χ1v) is 7.52. The number of para-hydroxylation sites is 1. The van der Waals surface area contributed by atoms with E-state index in [2.05, 4.69) is 22.8 Å². The molecule has 0 radical (unpaired) electrons. The Labute approximate surface area is 136 Å². The van der Waals surface area contributed by atoms with Gasteiger partial charge >= 0.3 is 6.03 Å². The summed E-state index contributed by atoms with van der Waals surface area (Å²) in [5.41, 5.74) is 2.97. The number of hydrogen-bond acceptors (Lipinski definition) is 3. The summed E-state index contributed by atoms with van der Waals surface area (Å²) in [5.74, 6) is 0. The number of aliphatic hydroxyl groups is 1. The molecule has 1 unspecified atom stereocenters. The van der Waals surface area contributed by atoms with Gasteiger partial charge in [-0.05, 0) is 23.6 Å². The highest BCUT2D eigenvalue weighted by Gasteiger charge is 2.09. The lowest BCUT2D eigenvalue weighted by molar-refractivity contribution is 0.0663. The highest BCUT2D eigenvalue weighted by molar-refractivity contribution is 5.90. The Balaban J connectivity index is 1.96. The van der Waals surface area contributed by atoms with Gasteiger partial charge in [0.05, 0.1) is 12.7 Å². The Morgan fingerprint density at radius 3 is 2.57 bits per heavy atom. The fraction of sp³-hybridized carbons (Fsp3) is 0.278. The van der Waals surface area contributed by atoms with Crippen molar-refractivity contribution in [3.63, 3.8) is 0 Å². The van der Waals surface area contributed by atoms with E-state index in [1.54, 1.807) is 0 Å². The Hall–Kier alpha value is -2.37. The van der Waals surface area contributed by atoms with E-state index in [9.17, 15) is 9.90 Å². The van der Waals surface area contributed by atoms with E-state index in [0.717, 1.165) is 17.7 Å². The molecule has 0 saturated heterocycles. The van der Waals surface area contributed by atoms with E-state index < -0.39 is 6.10 Å². The number of carbonyl (C=O) groups excluding carboxylic acids is 1. The predicted molar refractivity (Wildman–Crippen MR) is 90.6 cm³/mol. The van der Waals surface area contributed by atoms with Crippen LogP contribution < -0.4 is 10.6 Å². The Morgan fingerprint density at radius 1 is 1.13 bits per heavy atom. The molecule has 0 spiro atoms. The Morgan fingerprint density at radius 2 is 1.83 bits per heavy atom. The van der Waals surface area contributed by atoms with Gasteiger partial charge in [0, 0.05) is 19.3 Å². The van der Waals surface area contributed by atoms with Crippen molar-refractivity contribution in [2.75, 3.05) is 25.6 Å². The zero-order valence-corrected chi connectivity index (χ0v) is 13.2. The minimum Gasteiger partial charge on any atom is -0.389 e. The maximum Gasteiger partial charge on any atom is 0.319 e. The molecule has 0 bridgehead atoms. The Bertz CT molecular complexity index is 617.